The van der Waals surface area contributed by atoms with Gasteiger partial charge in [-0.15, -0.1) is 11.3 Å². The van der Waals surface area contributed by atoms with Crippen LogP contribution in [0, 0.1) is 13.8 Å². The topological polar surface area (TPSA) is 50.7 Å². The lowest BCUT2D eigenvalue weighted by Gasteiger charge is -2.07. The molecule has 0 amide bonds. The van der Waals surface area contributed by atoms with Crippen LogP contribution in [0.1, 0.15) is 29.0 Å². The molecule has 96 valence electrons. The number of aryl methyl sites for hydroxylation is 3. The number of thiazole rings is 1. The van der Waals surface area contributed by atoms with Crippen molar-refractivity contribution in [2.24, 2.45) is 0 Å². The van der Waals surface area contributed by atoms with Crippen molar-refractivity contribution in [3.8, 4) is 0 Å². The van der Waals surface area contributed by atoms with E-state index in [2.05, 4.69) is 32.6 Å². The van der Waals surface area contributed by atoms with Crippen LogP contribution < -0.4 is 5.32 Å². The molecule has 0 aromatic carbocycles. The number of anilines is 1. The number of rotatable bonds is 5. The van der Waals surface area contributed by atoms with Crippen LogP contribution in [-0.2, 0) is 12.8 Å². The van der Waals surface area contributed by atoms with Crippen molar-refractivity contribution >= 4 is 17.2 Å². The second kappa shape index (κ2) is 5.91. The van der Waals surface area contributed by atoms with Gasteiger partial charge in [0.2, 0.25) is 0 Å². The van der Waals surface area contributed by atoms with E-state index in [4.69, 9.17) is 0 Å². The molecule has 0 radical (unpaired) electrons. The summed E-state index contributed by atoms with van der Waals surface area (Å²) in [6.07, 6.45) is 3.72. The molecular weight excluding hydrogens is 244 g/mol. The molecule has 2 heterocycles. The summed E-state index contributed by atoms with van der Waals surface area (Å²) in [5.74, 6) is 0.876. The SMILES string of the molecule is CCc1nc(CCNc2nc(C)cnc2C)cs1. The van der Waals surface area contributed by atoms with Gasteiger partial charge >= 0.3 is 0 Å². The van der Waals surface area contributed by atoms with Crippen molar-refractivity contribution < 1.29 is 0 Å². The third kappa shape index (κ3) is 3.26. The second-order valence-electron chi connectivity index (χ2n) is 4.21. The molecule has 0 aliphatic heterocycles. The van der Waals surface area contributed by atoms with Crippen LogP contribution in [0.2, 0.25) is 0 Å². The summed E-state index contributed by atoms with van der Waals surface area (Å²) in [5.41, 5.74) is 3.03. The first kappa shape index (κ1) is 13.0. The Balaban J connectivity index is 1.90. The summed E-state index contributed by atoms with van der Waals surface area (Å²) in [6, 6.07) is 0. The van der Waals surface area contributed by atoms with Gasteiger partial charge in [-0.25, -0.2) is 9.97 Å². The highest BCUT2D eigenvalue weighted by atomic mass is 32.1. The Labute approximate surface area is 112 Å². The van der Waals surface area contributed by atoms with Crippen molar-refractivity contribution in [3.05, 3.63) is 33.7 Å². The Morgan fingerprint density at radius 1 is 1.28 bits per heavy atom. The van der Waals surface area contributed by atoms with Gasteiger partial charge in [-0.2, -0.15) is 0 Å². The van der Waals surface area contributed by atoms with Crippen LogP contribution in [0.4, 0.5) is 5.82 Å². The molecule has 0 spiro atoms. The normalized spacial score (nSPS) is 10.6. The Bertz CT molecular complexity index is 521. The predicted octanol–water partition coefficient (Wildman–Crippen LogP) is 2.77. The van der Waals surface area contributed by atoms with Crippen molar-refractivity contribution in [3.63, 3.8) is 0 Å². The van der Waals surface area contributed by atoms with Crippen LogP contribution >= 0.6 is 11.3 Å². The quantitative estimate of drug-likeness (QED) is 0.900. The first-order valence-electron chi connectivity index (χ1n) is 6.16. The maximum atomic E-state index is 4.54. The molecule has 2 rings (SSSR count). The summed E-state index contributed by atoms with van der Waals surface area (Å²) >= 11 is 1.73. The molecule has 2 aromatic rings. The molecule has 0 atom stereocenters. The predicted molar refractivity (Wildman–Crippen MR) is 75.2 cm³/mol. The summed E-state index contributed by atoms with van der Waals surface area (Å²) in [5, 5.41) is 6.66. The zero-order valence-electron chi connectivity index (χ0n) is 11.0. The van der Waals surface area contributed by atoms with Crippen LogP contribution in [-0.4, -0.2) is 21.5 Å². The molecule has 0 bridgehead atoms. The first-order valence-corrected chi connectivity index (χ1v) is 7.04. The third-order valence-electron chi connectivity index (χ3n) is 2.65. The minimum atomic E-state index is 0.839. The van der Waals surface area contributed by atoms with E-state index in [1.807, 2.05) is 13.8 Å². The average molecular weight is 262 g/mol. The molecule has 0 fully saturated rings. The van der Waals surface area contributed by atoms with Gasteiger partial charge in [0.05, 0.1) is 22.1 Å². The number of hydrogen-bond acceptors (Lipinski definition) is 5. The molecule has 18 heavy (non-hydrogen) atoms. The standard InChI is InChI=1S/C13H18N4S/c1-4-12-17-11(8-18-12)5-6-14-13-10(3)15-7-9(2)16-13/h7-8H,4-6H2,1-3H3,(H,14,16). The fourth-order valence-electron chi connectivity index (χ4n) is 1.64. The average Bonchev–Trinajstić information content (AvgIpc) is 2.81. The number of nitrogens with one attached hydrogen (secondary N) is 1. The van der Waals surface area contributed by atoms with E-state index < -0.39 is 0 Å². The molecule has 5 heteroatoms. The second-order valence-corrected chi connectivity index (χ2v) is 5.15. The highest BCUT2D eigenvalue weighted by molar-refractivity contribution is 7.09. The van der Waals surface area contributed by atoms with E-state index in [9.17, 15) is 0 Å². The van der Waals surface area contributed by atoms with Crippen molar-refractivity contribution in [2.75, 3.05) is 11.9 Å². The smallest absolute Gasteiger partial charge is 0.147 e. The molecule has 2 aromatic heterocycles. The molecule has 0 unspecified atom stereocenters. The largest absolute Gasteiger partial charge is 0.368 e. The van der Waals surface area contributed by atoms with Crippen LogP contribution in [0.25, 0.3) is 0 Å². The maximum Gasteiger partial charge on any atom is 0.147 e. The molecule has 0 aliphatic carbocycles. The van der Waals surface area contributed by atoms with Crippen molar-refractivity contribution in [1.29, 1.82) is 0 Å². The minimum absolute atomic E-state index is 0.839. The van der Waals surface area contributed by atoms with E-state index >= 15 is 0 Å². The van der Waals surface area contributed by atoms with E-state index in [0.29, 0.717) is 0 Å². The van der Waals surface area contributed by atoms with E-state index in [-0.39, 0.29) is 0 Å². The summed E-state index contributed by atoms with van der Waals surface area (Å²) in [4.78, 5) is 13.3. The molecule has 0 saturated heterocycles. The fourth-order valence-corrected chi connectivity index (χ4v) is 2.42. The molecule has 4 nitrogen and oxygen atoms in total. The van der Waals surface area contributed by atoms with E-state index in [1.54, 1.807) is 17.5 Å². The van der Waals surface area contributed by atoms with Crippen LogP contribution in [0.5, 0.6) is 0 Å². The van der Waals surface area contributed by atoms with Gasteiger partial charge in [0.15, 0.2) is 0 Å². The van der Waals surface area contributed by atoms with Gasteiger partial charge in [-0.3, -0.25) is 4.98 Å². The number of nitrogens with zero attached hydrogens (tertiary/aromatic N) is 3. The summed E-state index contributed by atoms with van der Waals surface area (Å²) in [7, 11) is 0. The molecular formula is C13H18N4S. The minimum Gasteiger partial charge on any atom is -0.368 e. The molecule has 0 aliphatic rings. The van der Waals surface area contributed by atoms with Gasteiger partial charge in [0, 0.05) is 24.5 Å². The van der Waals surface area contributed by atoms with Crippen LogP contribution in [0.15, 0.2) is 11.6 Å². The fraction of sp³-hybridized carbons (Fsp3) is 0.462. The number of aromatic nitrogens is 3. The monoisotopic (exact) mass is 262 g/mol. The zero-order chi connectivity index (χ0) is 13.0. The Kier molecular flexibility index (Phi) is 4.25. The highest BCUT2D eigenvalue weighted by Crippen LogP contribution is 2.12. The highest BCUT2D eigenvalue weighted by Gasteiger charge is 2.03. The van der Waals surface area contributed by atoms with E-state index in [1.165, 1.54) is 5.01 Å². The van der Waals surface area contributed by atoms with Crippen LogP contribution in [0.3, 0.4) is 0 Å². The van der Waals surface area contributed by atoms with Crippen molar-refractivity contribution in [2.45, 2.75) is 33.6 Å². The lowest BCUT2D eigenvalue weighted by Crippen LogP contribution is -2.09. The van der Waals surface area contributed by atoms with Gasteiger partial charge < -0.3 is 5.32 Å². The summed E-state index contributed by atoms with van der Waals surface area (Å²) < 4.78 is 0. The Morgan fingerprint density at radius 2 is 2.11 bits per heavy atom. The summed E-state index contributed by atoms with van der Waals surface area (Å²) in [6.45, 7) is 6.89. The third-order valence-corrected chi connectivity index (χ3v) is 3.69. The Morgan fingerprint density at radius 3 is 2.83 bits per heavy atom. The molecule has 0 saturated carbocycles. The lowest BCUT2D eigenvalue weighted by atomic mass is 10.3. The Hall–Kier alpha value is -1.49. The van der Waals surface area contributed by atoms with E-state index in [0.717, 1.165) is 42.3 Å². The molecule has 1 N–H and O–H groups in total. The number of hydrogen-bond donors (Lipinski definition) is 1. The lowest BCUT2D eigenvalue weighted by molar-refractivity contribution is 0.933. The van der Waals surface area contributed by atoms with Gasteiger partial charge in [-0.05, 0) is 20.3 Å². The first-order chi connectivity index (χ1) is 8.69. The van der Waals surface area contributed by atoms with Gasteiger partial charge in [0.25, 0.3) is 0 Å². The maximum absolute atomic E-state index is 4.54. The van der Waals surface area contributed by atoms with Gasteiger partial charge in [0.1, 0.15) is 5.82 Å². The van der Waals surface area contributed by atoms with Gasteiger partial charge in [-0.1, -0.05) is 6.92 Å². The zero-order valence-corrected chi connectivity index (χ0v) is 11.8. The van der Waals surface area contributed by atoms with Crippen molar-refractivity contribution in [1.82, 2.24) is 15.0 Å².